The molecule has 2 amide bonds. The highest BCUT2D eigenvalue weighted by molar-refractivity contribution is 5.74. The monoisotopic (exact) mass is 286 g/mol. The van der Waals surface area contributed by atoms with E-state index >= 15 is 0 Å². The average Bonchev–Trinajstić information content (AvgIpc) is 2.50. The van der Waals surface area contributed by atoms with Crippen molar-refractivity contribution in [2.45, 2.75) is 45.4 Å². The van der Waals surface area contributed by atoms with Gasteiger partial charge in [-0.15, -0.1) is 0 Å². The summed E-state index contributed by atoms with van der Waals surface area (Å²) in [5.74, 6) is 0.644. The quantitative estimate of drug-likeness (QED) is 0.846. The van der Waals surface area contributed by atoms with Gasteiger partial charge in [-0.05, 0) is 43.2 Å². The SMILES string of the molecule is Cc1ccccc1CCNC(=O)N/C=C/C1CCCCC1. The average molecular weight is 286 g/mol. The lowest BCUT2D eigenvalue weighted by molar-refractivity contribution is 0.244. The highest BCUT2D eigenvalue weighted by Gasteiger charge is 2.09. The predicted molar refractivity (Wildman–Crippen MR) is 87.1 cm³/mol. The Hall–Kier alpha value is -1.77. The Bertz CT molecular complexity index is 476. The van der Waals surface area contributed by atoms with Crippen molar-refractivity contribution in [2.24, 2.45) is 5.92 Å². The Morgan fingerprint density at radius 1 is 1.24 bits per heavy atom. The third-order valence-corrected chi connectivity index (χ3v) is 4.17. The summed E-state index contributed by atoms with van der Waals surface area (Å²) in [5, 5.41) is 5.70. The molecule has 1 aromatic carbocycles. The third-order valence-electron chi connectivity index (χ3n) is 4.17. The van der Waals surface area contributed by atoms with Gasteiger partial charge in [-0.25, -0.2) is 4.79 Å². The molecule has 3 heteroatoms. The van der Waals surface area contributed by atoms with Gasteiger partial charge < -0.3 is 10.6 Å². The number of hydrogen-bond donors (Lipinski definition) is 2. The molecule has 0 radical (unpaired) electrons. The lowest BCUT2D eigenvalue weighted by Crippen LogP contribution is -2.33. The van der Waals surface area contributed by atoms with Gasteiger partial charge in [0.15, 0.2) is 0 Å². The first-order chi connectivity index (χ1) is 10.3. The van der Waals surface area contributed by atoms with E-state index in [1.807, 2.05) is 12.1 Å². The molecular weight excluding hydrogens is 260 g/mol. The second-order valence-electron chi connectivity index (χ2n) is 5.83. The molecule has 0 atom stereocenters. The molecule has 3 nitrogen and oxygen atoms in total. The van der Waals surface area contributed by atoms with Crippen LogP contribution < -0.4 is 10.6 Å². The molecule has 1 aromatic rings. The number of urea groups is 1. The van der Waals surface area contributed by atoms with Crippen molar-refractivity contribution >= 4 is 6.03 Å². The fraction of sp³-hybridized carbons (Fsp3) is 0.500. The zero-order valence-electron chi connectivity index (χ0n) is 12.9. The summed E-state index contributed by atoms with van der Waals surface area (Å²) in [5.41, 5.74) is 2.56. The number of benzene rings is 1. The number of nitrogens with one attached hydrogen (secondary N) is 2. The molecule has 1 aliphatic rings. The molecule has 1 aliphatic carbocycles. The van der Waals surface area contributed by atoms with Gasteiger partial charge in [-0.3, -0.25) is 0 Å². The highest BCUT2D eigenvalue weighted by atomic mass is 16.2. The van der Waals surface area contributed by atoms with E-state index in [9.17, 15) is 4.79 Å². The molecule has 0 unspecified atom stereocenters. The van der Waals surface area contributed by atoms with Crippen LogP contribution in [0.5, 0.6) is 0 Å². The molecule has 2 rings (SSSR count). The molecule has 0 bridgehead atoms. The normalized spacial score (nSPS) is 16.0. The Labute approximate surface area is 127 Å². The molecule has 0 spiro atoms. The first kappa shape index (κ1) is 15.6. The number of carbonyl (C=O) groups excluding carboxylic acids is 1. The number of amides is 2. The zero-order chi connectivity index (χ0) is 14.9. The van der Waals surface area contributed by atoms with E-state index in [1.165, 1.54) is 43.2 Å². The minimum atomic E-state index is -0.115. The first-order valence-corrected chi connectivity index (χ1v) is 8.01. The van der Waals surface area contributed by atoms with Crippen LogP contribution in [0.1, 0.15) is 43.2 Å². The van der Waals surface area contributed by atoms with E-state index in [0.29, 0.717) is 12.5 Å². The summed E-state index contributed by atoms with van der Waals surface area (Å²) in [4.78, 5) is 11.7. The van der Waals surface area contributed by atoms with Crippen molar-refractivity contribution < 1.29 is 4.79 Å². The number of hydrogen-bond acceptors (Lipinski definition) is 1. The maximum absolute atomic E-state index is 11.7. The van der Waals surface area contributed by atoms with Gasteiger partial charge in [0, 0.05) is 12.7 Å². The molecule has 0 saturated heterocycles. The van der Waals surface area contributed by atoms with Crippen LogP contribution in [-0.2, 0) is 6.42 Å². The maximum atomic E-state index is 11.7. The van der Waals surface area contributed by atoms with Gasteiger partial charge in [-0.2, -0.15) is 0 Å². The summed E-state index contributed by atoms with van der Waals surface area (Å²) in [6.07, 6.45) is 11.3. The Morgan fingerprint density at radius 3 is 2.76 bits per heavy atom. The Kier molecular flexibility index (Phi) is 6.32. The third kappa shape index (κ3) is 5.62. The van der Waals surface area contributed by atoms with Gasteiger partial charge in [0.1, 0.15) is 0 Å². The van der Waals surface area contributed by atoms with E-state index in [2.05, 4.69) is 35.8 Å². The van der Waals surface area contributed by atoms with Crippen LogP contribution in [0, 0.1) is 12.8 Å². The van der Waals surface area contributed by atoms with Crippen molar-refractivity contribution in [3.05, 3.63) is 47.7 Å². The molecule has 21 heavy (non-hydrogen) atoms. The number of allylic oxidation sites excluding steroid dienone is 1. The smallest absolute Gasteiger partial charge is 0.318 e. The molecule has 0 aromatic heterocycles. The van der Waals surface area contributed by atoms with E-state index < -0.39 is 0 Å². The minimum absolute atomic E-state index is 0.115. The largest absolute Gasteiger partial charge is 0.338 e. The molecular formula is C18H26N2O. The minimum Gasteiger partial charge on any atom is -0.338 e. The predicted octanol–water partition coefficient (Wildman–Crippen LogP) is 3.93. The van der Waals surface area contributed by atoms with Crippen molar-refractivity contribution in [3.8, 4) is 0 Å². The van der Waals surface area contributed by atoms with Crippen LogP contribution in [0.4, 0.5) is 4.79 Å². The van der Waals surface area contributed by atoms with Crippen LogP contribution in [0.25, 0.3) is 0 Å². The van der Waals surface area contributed by atoms with Crippen LogP contribution in [0.2, 0.25) is 0 Å². The van der Waals surface area contributed by atoms with Crippen molar-refractivity contribution in [3.63, 3.8) is 0 Å². The van der Waals surface area contributed by atoms with Gasteiger partial charge in [0.25, 0.3) is 0 Å². The highest BCUT2D eigenvalue weighted by Crippen LogP contribution is 2.24. The lowest BCUT2D eigenvalue weighted by atomic mass is 9.89. The van der Waals surface area contributed by atoms with E-state index in [-0.39, 0.29) is 6.03 Å². The van der Waals surface area contributed by atoms with Gasteiger partial charge in [-0.1, -0.05) is 49.6 Å². The maximum Gasteiger partial charge on any atom is 0.318 e. The Balaban J connectivity index is 1.63. The molecule has 1 saturated carbocycles. The molecule has 1 fully saturated rings. The van der Waals surface area contributed by atoms with E-state index in [4.69, 9.17) is 0 Å². The fourth-order valence-corrected chi connectivity index (χ4v) is 2.84. The standard InChI is InChI=1S/C18H26N2O/c1-15-7-5-6-10-17(15)12-14-20-18(21)19-13-11-16-8-3-2-4-9-16/h5-7,10-11,13,16H,2-4,8-9,12,14H2,1H3,(H2,19,20,21)/b13-11+. The molecule has 0 aliphatic heterocycles. The van der Waals surface area contributed by atoms with Crippen molar-refractivity contribution in [1.82, 2.24) is 10.6 Å². The van der Waals surface area contributed by atoms with Gasteiger partial charge in [0.05, 0.1) is 0 Å². The lowest BCUT2D eigenvalue weighted by Gasteiger charge is -2.17. The summed E-state index contributed by atoms with van der Waals surface area (Å²) >= 11 is 0. The van der Waals surface area contributed by atoms with Crippen LogP contribution in [0.3, 0.4) is 0 Å². The zero-order valence-corrected chi connectivity index (χ0v) is 12.9. The molecule has 0 heterocycles. The molecule has 2 N–H and O–H groups in total. The summed E-state index contributed by atoms with van der Waals surface area (Å²) in [7, 11) is 0. The van der Waals surface area contributed by atoms with Crippen molar-refractivity contribution in [1.29, 1.82) is 0 Å². The van der Waals surface area contributed by atoms with E-state index in [0.717, 1.165) is 6.42 Å². The van der Waals surface area contributed by atoms with Crippen LogP contribution in [-0.4, -0.2) is 12.6 Å². The van der Waals surface area contributed by atoms with Gasteiger partial charge >= 0.3 is 6.03 Å². The fourth-order valence-electron chi connectivity index (χ4n) is 2.84. The second kappa shape index (κ2) is 8.50. The molecule has 114 valence electrons. The Morgan fingerprint density at radius 2 is 2.00 bits per heavy atom. The first-order valence-electron chi connectivity index (χ1n) is 8.01. The second-order valence-corrected chi connectivity index (χ2v) is 5.83. The number of rotatable bonds is 5. The number of aryl methyl sites for hydroxylation is 1. The summed E-state index contributed by atoms with van der Waals surface area (Å²) < 4.78 is 0. The number of carbonyl (C=O) groups is 1. The summed E-state index contributed by atoms with van der Waals surface area (Å²) in [6, 6.07) is 8.17. The van der Waals surface area contributed by atoms with Gasteiger partial charge in [0.2, 0.25) is 0 Å². The van der Waals surface area contributed by atoms with Crippen LogP contribution in [0.15, 0.2) is 36.5 Å². The topological polar surface area (TPSA) is 41.1 Å². The summed E-state index contributed by atoms with van der Waals surface area (Å²) in [6.45, 7) is 2.76. The van der Waals surface area contributed by atoms with Crippen LogP contribution >= 0.6 is 0 Å². The van der Waals surface area contributed by atoms with E-state index in [1.54, 1.807) is 6.20 Å². The van der Waals surface area contributed by atoms with Crippen molar-refractivity contribution in [2.75, 3.05) is 6.54 Å².